The average molecular weight is 650 g/mol. The van der Waals surface area contributed by atoms with Gasteiger partial charge in [0.25, 0.3) is 0 Å². The number of hydrogen-bond acceptors (Lipinski definition) is 8. The fourth-order valence-corrected chi connectivity index (χ4v) is 6.60. The van der Waals surface area contributed by atoms with Crippen LogP contribution in [0.2, 0.25) is 0 Å². The lowest BCUT2D eigenvalue weighted by molar-refractivity contribution is -0.130. The smallest absolute Gasteiger partial charge is 0.247 e. The molecule has 2 heterocycles. The van der Waals surface area contributed by atoms with Gasteiger partial charge in [-0.15, -0.1) is 5.10 Å². The minimum absolute atomic E-state index is 0.000726. The van der Waals surface area contributed by atoms with Gasteiger partial charge in [-0.3, -0.25) is 14.4 Å². The molecule has 2 fully saturated rings. The Morgan fingerprint density at radius 3 is 2.17 bits per heavy atom. The SMILES string of the molecule is NC[C@H]1CC[C@H](C(=O)N[C@@H](Cc2ccc(-c3ccccc3NC(=O)C3CCNCC3)cc2)C(=O)Nc2ccc(-c3nnn[nH]3)cc2)CC1. The molecular formula is C36H43N9O3. The monoisotopic (exact) mass is 649 g/mol. The van der Waals surface area contributed by atoms with Gasteiger partial charge in [-0.25, -0.2) is 5.10 Å². The van der Waals surface area contributed by atoms with Crippen LogP contribution in [0.3, 0.4) is 0 Å². The normalized spacial score (nSPS) is 18.9. The number of tetrazole rings is 1. The van der Waals surface area contributed by atoms with E-state index in [1.165, 1.54) is 0 Å². The summed E-state index contributed by atoms with van der Waals surface area (Å²) < 4.78 is 0. The van der Waals surface area contributed by atoms with Crippen LogP contribution < -0.4 is 27.0 Å². The lowest BCUT2D eigenvalue weighted by Gasteiger charge is -2.28. The number of piperidine rings is 1. The van der Waals surface area contributed by atoms with Crippen LogP contribution in [0.25, 0.3) is 22.5 Å². The third-order valence-electron chi connectivity index (χ3n) is 9.55. The lowest BCUT2D eigenvalue weighted by atomic mass is 9.81. The first-order chi connectivity index (χ1) is 23.5. The maximum absolute atomic E-state index is 13.7. The molecule has 250 valence electrons. The van der Waals surface area contributed by atoms with E-state index in [0.717, 1.165) is 79.6 Å². The second-order valence-corrected chi connectivity index (χ2v) is 12.8. The molecule has 2 aliphatic rings. The molecule has 48 heavy (non-hydrogen) atoms. The number of H-pyrrole nitrogens is 1. The number of nitrogens with one attached hydrogen (secondary N) is 5. The van der Waals surface area contributed by atoms with E-state index in [1.54, 1.807) is 12.1 Å². The minimum atomic E-state index is -0.787. The quantitative estimate of drug-likeness (QED) is 0.142. The summed E-state index contributed by atoms with van der Waals surface area (Å²) in [6, 6.07) is 22.1. The van der Waals surface area contributed by atoms with Crippen LogP contribution in [0, 0.1) is 17.8 Å². The molecule has 1 aromatic heterocycles. The van der Waals surface area contributed by atoms with E-state index >= 15 is 0 Å². The summed E-state index contributed by atoms with van der Waals surface area (Å²) >= 11 is 0. The molecule has 6 rings (SSSR count). The van der Waals surface area contributed by atoms with Crippen molar-refractivity contribution < 1.29 is 14.4 Å². The Hall–Kier alpha value is -4.94. The van der Waals surface area contributed by atoms with Crippen LogP contribution in [0.5, 0.6) is 0 Å². The molecule has 0 bridgehead atoms. The van der Waals surface area contributed by atoms with Crippen LogP contribution in [0.1, 0.15) is 44.1 Å². The van der Waals surface area contributed by atoms with E-state index in [2.05, 4.69) is 41.9 Å². The van der Waals surface area contributed by atoms with E-state index in [0.29, 0.717) is 30.4 Å². The van der Waals surface area contributed by atoms with Crippen molar-refractivity contribution in [3.05, 3.63) is 78.4 Å². The number of aromatic nitrogens is 4. The predicted molar refractivity (Wildman–Crippen MR) is 184 cm³/mol. The van der Waals surface area contributed by atoms with Crippen molar-refractivity contribution in [2.45, 2.75) is 51.0 Å². The van der Waals surface area contributed by atoms with Crippen molar-refractivity contribution in [3.8, 4) is 22.5 Å². The Labute approximate surface area is 280 Å². The summed E-state index contributed by atoms with van der Waals surface area (Å²) in [5.74, 6) is 0.474. The van der Waals surface area contributed by atoms with Crippen molar-refractivity contribution >= 4 is 29.1 Å². The Morgan fingerprint density at radius 2 is 1.48 bits per heavy atom. The summed E-state index contributed by atoms with van der Waals surface area (Å²) in [4.78, 5) is 40.1. The van der Waals surface area contributed by atoms with Crippen molar-refractivity contribution in [2.24, 2.45) is 23.5 Å². The summed E-state index contributed by atoms with van der Waals surface area (Å²) in [6.45, 7) is 2.34. The standard InChI is InChI=1S/C36H43N9O3/c37-22-24-7-11-27(12-8-24)34(46)41-32(36(48)39-29-15-13-26(14-16-29)33-42-44-45-43-33)21-23-5-9-25(10-6-23)30-3-1-2-4-31(30)40-35(47)28-17-19-38-20-18-28/h1-6,9-10,13-16,24,27-28,32,38H,7-8,11-12,17-22,37H2,(H,39,48)(H,40,47)(H,41,46)(H,42,43,44,45)/t24-,27-,32-/m0/s1. The number of amides is 3. The lowest BCUT2D eigenvalue weighted by Crippen LogP contribution is -2.48. The Kier molecular flexibility index (Phi) is 10.8. The molecule has 3 aromatic carbocycles. The molecule has 0 radical (unpaired) electrons. The average Bonchev–Trinajstić information content (AvgIpc) is 3.68. The van der Waals surface area contributed by atoms with Crippen molar-refractivity contribution in [3.63, 3.8) is 0 Å². The molecule has 1 saturated heterocycles. The van der Waals surface area contributed by atoms with Crippen molar-refractivity contribution in [2.75, 3.05) is 30.3 Å². The van der Waals surface area contributed by atoms with E-state index in [9.17, 15) is 14.4 Å². The Balaban J connectivity index is 1.16. The van der Waals surface area contributed by atoms with Gasteiger partial charge >= 0.3 is 0 Å². The number of carbonyl (C=O) groups is 3. The zero-order chi connectivity index (χ0) is 33.3. The number of rotatable bonds is 11. The van der Waals surface area contributed by atoms with Crippen LogP contribution in [0.4, 0.5) is 11.4 Å². The van der Waals surface area contributed by atoms with Gasteiger partial charge in [0.15, 0.2) is 5.82 Å². The van der Waals surface area contributed by atoms with E-state index < -0.39 is 6.04 Å². The topological polar surface area (TPSA) is 180 Å². The highest BCUT2D eigenvalue weighted by Gasteiger charge is 2.29. The van der Waals surface area contributed by atoms with Gasteiger partial charge in [0.1, 0.15) is 6.04 Å². The predicted octanol–water partition coefficient (Wildman–Crippen LogP) is 3.90. The molecule has 1 saturated carbocycles. The first kappa shape index (κ1) is 33.0. The molecule has 0 unspecified atom stereocenters. The summed E-state index contributed by atoms with van der Waals surface area (Å²) in [5, 5.41) is 26.4. The van der Waals surface area contributed by atoms with Crippen LogP contribution in [0.15, 0.2) is 72.8 Å². The van der Waals surface area contributed by atoms with Crippen LogP contribution in [-0.2, 0) is 20.8 Å². The minimum Gasteiger partial charge on any atom is -0.344 e. The molecular weight excluding hydrogens is 606 g/mol. The second kappa shape index (κ2) is 15.8. The van der Waals surface area contributed by atoms with E-state index in [-0.39, 0.29) is 29.6 Å². The fourth-order valence-electron chi connectivity index (χ4n) is 6.60. The highest BCUT2D eigenvalue weighted by molar-refractivity contribution is 5.98. The highest BCUT2D eigenvalue weighted by atomic mass is 16.2. The summed E-state index contributed by atoms with van der Waals surface area (Å²) in [7, 11) is 0. The molecule has 1 aliphatic heterocycles. The van der Waals surface area contributed by atoms with E-state index in [4.69, 9.17) is 5.73 Å². The fraction of sp³-hybridized carbons (Fsp3) is 0.389. The van der Waals surface area contributed by atoms with Gasteiger partial charge < -0.3 is 27.0 Å². The number of benzene rings is 3. The third-order valence-corrected chi connectivity index (χ3v) is 9.55. The number of nitrogens with zero attached hydrogens (tertiary/aromatic N) is 3. The van der Waals surface area contributed by atoms with Gasteiger partial charge in [-0.2, -0.15) is 0 Å². The van der Waals surface area contributed by atoms with Gasteiger partial charge in [0.05, 0.1) is 0 Å². The molecule has 0 spiro atoms. The molecule has 1 atom stereocenters. The molecule has 7 N–H and O–H groups in total. The number of para-hydroxylation sites is 1. The molecule has 3 amide bonds. The number of anilines is 2. The van der Waals surface area contributed by atoms with Crippen LogP contribution in [-0.4, -0.2) is 64.0 Å². The molecule has 12 nitrogen and oxygen atoms in total. The second-order valence-electron chi connectivity index (χ2n) is 12.8. The maximum atomic E-state index is 13.7. The van der Waals surface area contributed by atoms with Gasteiger partial charge in [-0.1, -0.05) is 42.5 Å². The van der Waals surface area contributed by atoms with Gasteiger partial charge in [0, 0.05) is 40.8 Å². The summed E-state index contributed by atoms with van der Waals surface area (Å²) in [6.07, 6.45) is 5.33. The van der Waals surface area contributed by atoms with Crippen LogP contribution >= 0.6 is 0 Å². The number of aromatic amines is 1. The van der Waals surface area contributed by atoms with E-state index in [1.807, 2.05) is 60.7 Å². The summed E-state index contributed by atoms with van der Waals surface area (Å²) in [5.41, 5.74) is 10.8. The largest absolute Gasteiger partial charge is 0.344 e. The molecule has 12 heteroatoms. The number of carbonyl (C=O) groups excluding carboxylic acids is 3. The van der Waals surface area contributed by atoms with Gasteiger partial charge in [-0.05, 0) is 116 Å². The number of hydrogen-bond donors (Lipinski definition) is 6. The first-order valence-corrected chi connectivity index (χ1v) is 16.8. The molecule has 1 aliphatic carbocycles. The Morgan fingerprint density at radius 1 is 0.792 bits per heavy atom. The zero-order valence-corrected chi connectivity index (χ0v) is 27.0. The van der Waals surface area contributed by atoms with Crippen molar-refractivity contribution in [1.29, 1.82) is 0 Å². The maximum Gasteiger partial charge on any atom is 0.247 e. The molecule has 4 aromatic rings. The zero-order valence-electron chi connectivity index (χ0n) is 27.0. The van der Waals surface area contributed by atoms with Gasteiger partial charge in [0.2, 0.25) is 17.7 Å². The first-order valence-electron chi connectivity index (χ1n) is 16.8. The highest BCUT2D eigenvalue weighted by Crippen LogP contribution is 2.30. The van der Waals surface area contributed by atoms with Crippen molar-refractivity contribution in [1.82, 2.24) is 31.3 Å². The Bertz CT molecular complexity index is 1660. The number of nitrogens with two attached hydrogens (primary N) is 1. The third kappa shape index (κ3) is 8.31.